The van der Waals surface area contributed by atoms with Crippen LogP contribution >= 0.6 is 35.5 Å². The standard InChI is InChI=1S/C19H20N4OS2.ClH/c1-12-13(2)25-17-16(12)18(22-11-21-17)26-15-6-4-3-5-14(15)19(24)23-9-7-20-8-10-23;/h3-6,11,20H,7-10H2,1-2H3;1H. The smallest absolute Gasteiger partial charge is 0.255 e. The SMILES string of the molecule is Cc1sc2ncnc(Sc3ccccc3C(=O)N3CCNCC3)c2c1C.Cl. The molecule has 4 rings (SSSR count). The van der Waals surface area contributed by atoms with Crippen LogP contribution in [0.25, 0.3) is 10.2 Å². The number of aryl methyl sites for hydroxylation is 2. The van der Waals surface area contributed by atoms with E-state index in [0.717, 1.165) is 51.9 Å². The van der Waals surface area contributed by atoms with E-state index in [9.17, 15) is 4.79 Å². The minimum Gasteiger partial charge on any atom is -0.336 e. The molecule has 0 saturated carbocycles. The third-order valence-corrected chi connectivity index (χ3v) is 6.85. The molecule has 8 heteroatoms. The first-order chi connectivity index (χ1) is 12.6. The van der Waals surface area contributed by atoms with Crippen LogP contribution in [0.15, 0.2) is 40.5 Å². The Labute approximate surface area is 173 Å². The van der Waals surface area contributed by atoms with Crippen molar-refractivity contribution in [3.63, 3.8) is 0 Å². The molecule has 0 bridgehead atoms. The first-order valence-corrected chi connectivity index (χ1v) is 10.3. The third kappa shape index (κ3) is 3.96. The molecule has 1 N–H and O–H groups in total. The molecule has 0 radical (unpaired) electrons. The summed E-state index contributed by atoms with van der Waals surface area (Å²) in [6.07, 6.45) is 1.61. The molecule has 5 nitrogen and oxygen atoms in total. The van der Waals surface area contributed by atoms with Crippen molar-refractivity contribution in [3.8, 4) is 0 Å². The van der Waals surface area contributed by atoms with E-state index in [1.54, 1.807) is 29.4 Å². The van der Waals surface area contributed by atoms with Gasteiger partial charge in [0.2, 0.25) is 0 Å². The summed E-state index contributed by atoms with van der Waals surface area (Å²) in [5, 5.41) is 5.30. The largest absolute Gasteiger partial charge is 0.336 e. The fourth-order valence-corrected chi connectivity index (χ4v) is 5.24. The minimum atomic E-state index is 0. The van der Waals surface area contributed by atoms with Crippen LogP contribution in [-0.2, 0) is 0 Å². The zero-order chi connectivity index (χ0) is 18.1. The zero-order valence-corrected chi connectivity index (χ0v) is 17.6. The molecule has 0 atom stereocenters. The summed E-state index contributed by atoms with van der Waals surface area (Å²) in [7, 11) is 0. The maximum atomic E-state index is 13.0. The van der Waals surface area contributed by atoms with Gasteiger partial charge in [-0.3, -0.25) is 4.79 Å². The number of piperazine rings is 1. The molecule has 3 aromatic rings. The van der Waals surface area contributed by atoms with E-state index in [1.807, 2.05) is 29.2 Å². The van der Waals surface area contributed by atoms with Gasteiger partial charge in [-0.15, -0.1) is 23.7 Å². The van der Waals surface area contributed by atoms with Crippen molar-refractivity contribution in [2.45, 2.75) is 23.8 Å². The highest BCUT2D eigenvalue weighted by Crippen LogP contribution is 2.38. The molecule has 2 aromatic heterocycles. The number of benzene rings is 1. The number of thiophene rings is 1. The summed E-state index contributed by atoms with van der Waals surface area (Å²) in [6.45, 7) is 7.41. The zero-order valence-electron chi connectivity index (χ0n) is 15.2. The maximum absolute atomic E-state index is 13.0. The fraction of sp³-hybridized carbons (Fsp3) is 0.316. The highest BCUT2D eigenvalue weighted by Gasteiger charge is 2.22. The van der Waals surface area contributed by atoms with Gasteiger partial charge in [-0.1, -0.05) is 23.9 Å². The van der Waals surface area contributed by atoms with Gasteiger partial charge >= 0.3 is 0 Å². The molecular formula is C19H21ClN4OS2. The number of hydrogen-bond acceptors (Lipinski definition) is 6. The van der Waals surface area contributed by atoms with E-state index in [-0.39, 0.29) is 18.3 Å². The predicted octanol–water partition coefficient (Wildman–Crippen LogP) is 3.93. The number of fused-ring (bicyclic) bond motifs is 1. The van der Waals surface area contributed by atoms with Gasteiger partial charge in [0.15, 0.2) is 0 Å². The van der Waals surface area contributed by atoms with E-state index in [2.05, 4.69) is 29.1 Å². The number of aromatic nitrogens is 2. The summed E-state index contributed by atoms with van der Waals surface area (Å²) < 4.78 is 0. The highest BCUT2D eigenvalue weighted by molar-refractivity contribution is 7.99. The first kappa shape index (κ1) is 20.1. The van der Waals surface area contributed by atoms with Gasteiger partial charge in [-0.2, -0.15) is 0 Å². The molecule has 142 valence electrons. The Kier molecular flexibility index (Phi) is 6.37. The molecule has 1 aliphatic rings. The van der Waals surface area contributed by atoms with Crippen LogP contribution in [0.5, 0.6) is 0 Å². The van der Waals surface area contributed by atoms with E-state index < -0.39 is 0 Å². The summed E-state index contributed by atoms with van der Waals surface area (Å²) in [6, 6.07) is 7.81. The van der Waals surface area contributed by atoms with E-state index in [1.165, 1.54) is 10.4 Å². The van der Waals surface area contributed by atoms with Gasteiger partial charge in [0.1, 0.15) is 16.2 Å². The van der Waals surface area contributed by atoms with Crippen molar-refractivity contribution < 1.29 is 4.79 Å². The van der Waals surface area contributed by atoms with Gasteiger partial charge < -0.3 is 10.2 Å². The van der Waals surface area contributed by atoms with Crippen LogP contribution in [0.2, 0.25) is 0 Å². The van der Waals surface area contributed by atoms with E-state index >= 15 is 0 Å². The summed E-state index contributed by atoms with van der Waals surface area (Å²) in [5.74, 6) is 0.0955. The van der Waals surface area contributed by atoms with Crippen LogP contribution in [0.1, 0.15) is 20.8 Å². The van der Waals surface area contributed by atoms with E-state index in [4.69, 9.17) is 0 Å². The lowest BCUT2D eigenvalue weighted by Crippen LogP contribution is -2.46. The Morgan fingerprint density at radius 1 is 1.19 bits per heavy atom. The van der Waals surface area contributed by atoms with Gasteiger partial charge in [0, 0.05) is 41.3 Å². The molecule has 1 aliphatic heterocycles. The first-order valence-electron chi connectivity index (χ1n) is 8.62. The van der Waals surface area contributed by atoms with Gasteiger partial charge in [0.05, 0.1) is 5.56 Å². The van der Waals surface area contributed by atoms with Crippen LogP contribution in [-0.4, -0.2) is 47.0 Å². The van der Waals surface area contributed by atoms with Gasteiger partial charge in [0.25, 0.3) is 5.91 Å². The number of halogens is 1. The normalized spacial score (nSPS) is 14.2. The highest BCUT2D eigenvalue weighted by atomic mass is 35.5. The van der Waals surface area contributed by atoms with Crippen molar-refractivity contribution in [2.24, 2.45) is 0 Å². The second-order valence-electron chi connectivity index (χ2n) is 6.28. The van der Waals surface area contributed by atoms with Gasteiger partial charge in [-0.25, -0.2) is 9.97 Å². The number of carbonyl (C=O) groups is 1. The molecular weight excluding hydrogens is 400 g/mol. The molecule has 0 unspecified atom stereocenters. The number of rotatable bonds is 3. The Morgan fingerprint density at radius 3 is 2.70 bits per heavy atom. The maximum Gasteiger partial charge on any atom is 0.255 e. The van der Waals surface area contributed by atoms with Crippen LogP contribution in [0.3, 0.4) is 0 Å². The lowest BCUT2D eigenvalue weighted by Gasteiger charge is -2.28. The summed E-state index contributed by atoms with van der Waals surface area (Å²) in [5.41, 5.74) is 1.97. The quantitative estimate of drug-likeness (QED) is 0.650. The Balaban J connectivity index is 0.00000210. The minimum absolute atomic E-state index is 0. The van der Waals surface area contributed by atoms with Crippen LogP contribution in [0, 0.1) is 13.8 Å². The van der Waals surface area contributed by atoms with Crippen molar-refractivity contribution in [1.29, 1.82) is 0 Å². The lowest BCUT2D eigenvalue weighted by molar-refractivity contribution is 0.0732. The molecule has 1 fully saturated rings. The van der Waals surface area contributed by atoms with Crippen molar-refractivity contribution in [3.05, 3.63) is 46.6 Å². The molecule has 1 amide bonds. The topological polar surface area (TPSA) is 58.1 Å². The lowest BCUT2D eigenvalue weighted by atomic mass is 10.2. The van der Waals surface area contributed by atoms with Crippen molar-refractivity contribution in [2.75, 3.05) is 26.2 Å². The molecule has 1 aromatic carbocycles. The second-order valence-corrected chi connectivity index (χ2v) is 8.52. The Bertz CT molecular complexity index is 969. The number of nitrogens with one attached hydrogen (secondary N) is 1. The Morgan fingerprint density at radius 2 is 1.93 bits per heavy atom. The molecule has 27 heavy (non-hydrogen) atoms. The van der Waals surface area contributed by atoms with Crippen LogP contribution < -0.4 is 5.32 Å². The monoisotopic (exact) mass is 420 g/mol. The number of amides is 1. The Hall–Kier alpha value is -1.67. The van der Waals surface area contributed by atoms with Gasteiger partial charge in [-0.05, 0) is 31.5 Å². The number of nitrogens with zero attached hydrogens (tertiary/aromatic N) is 3. The average molecular weight is 421 g/mol. The second kappa shape index (κ2) is 8.56. The third-order valence-electron chi connectivity index (χ3n) is 4.66. The van der Waals surface area contributed by atoms with E-state index in [0.29, 0.717) is 0 Å². The number of hydrogen-bond donors (Lipinski definition) is 1. The molecule has 1 saturated heterocycles. The molecule has 0 spiro atoms. The summed E-state index contributed by atoms with van der Waals surface area (Å²) in [4.78, 5) is 27.0. The molecule has 3 heterocycles. The fourth-order valence-electron chi connectivity index (χ4n) is 3.10. The predicted molar refractivity (Wildman–Crippen MR) is 113 cm³/mol. The molecule has 0 aliphatic carbocycles. The average Bonchev–Trinajstić information content (AvgIpc) is 2.97. The van der Waals surface area contributed by atoms with Crippen molar-refractivity contribution >= 4 is 51.6 Å². The summed E-state index contributed by atoms with van der Waals surface area (Å²) >= 11 is 3.25. The van der Waals surface area contributed by atoms with Crippen molar-refractivity contribution in [1.82, 2.24) is 20.2 Å². The van der Waals surface area contributed by atoms with Crippen LogP contribution in [0.4, 0.5) is 0 Å². The number of carbonyl (C=O) groups excluding carboxylic acids is 1.